The monoisotopic (exact) mass is 333 g/mol. The number of nitrogens with zero attached hydrogens (tertiary/aromatic N) is 2. The van der Waals surface area contributed by atoms with Crippen molar-refractivity contribution in [2.75, 3.05) is 45.7 Å². The predicted molar refractivity (Wildman–Crippen MR) is 86.4 cm³/mol. The van der Waals surface area contributed by atoms with Crippen LogP contribution in [-0.4, -0.2) is 70.0 Å². The number of hydrogen-bond acceptors (Lipinski definition) is 5. The second-order valence-electron chi connectivity index (χ2n) is 5.22. The molecule has 1 aromatic heterocycles. The van der Waals surface area contributed by atoms with Crippen LogP contribution in [0.5, 0.6) is 0 Å². The highest BCUT2D eigenvalue weighted by Crippen LogP contribution is 2.09. The predicted octanol–water partition coefficient (Wildman–Crippen LogP) is 0.866. The van der Waals surface area contributed by atoms with Crippen LogP contribution >= 0.6 is 11.3 Å². The van der Waals surface area contributed by atoms with Gasteiger partial charge in [-0.3, -0.25) is 0 Å². The zero-order chi connectivity index (χ0) is 15.9. The van der Waals surface area contributed by atoms with E-state index in [1.165, 1.54) is 0 Å². The van der Waals surface area contributed by atoms with Gasteiger partial charge in [0, 0.05) is 32.4 Å². The van der Waals surface area contributed by atoms with Crippen molar-refractivity contribution in [3.63, 3.8) is 0 Å². The molecule has 0 aliphatic rings. The van der Waals surface area contributed by atoms with E-state index < -0.39 is 9.84 Å². The maximum Gasteiger partial charge on any atom is 0.317 e. The molecule has 0 aromatic carbocycles. The Morgan fingerprint density at radius 1 is 1.33 bits per heavy atom. The van der Waals surface area contributed by atoms with E-state index in [0.717, 1.165) is 18.4 Å². The standard InChI is InChI=1S/C13H23N3O3S2/c1-15(2)6-7-16(10-12-4-8-20-11-12)13(17)14-5-9-21(3,18)19/h4,8,11H,5-7,9-10H2,1-3H3,(H,14,17). The van der Waals surface area contributed by atoms with Crippen LogP contribution in [0.25, 0.3) is 0 Å². The maximum atomic E-state index is 12.2. The number of amides is 2. The van der Waals surface area contributed by atoms with Crippen LogP contribution in [0.3, 0.4) is 0 Å². The number of urea groups is 1. The molecule has 0 saturated heterocycles. The van der Waals surface area contributed by atoms with Crippen molar-refractivity contribution in [2.24, 2.45) is 0 Å². The maximum absolute atomic E-state index is 12.2. The first kappa shape index (κ1) is 17.9. The lowest BCUT2D eigenvalue weighted by Crippen LogP contribution is -2.43. The molecule has 0 aliphatic carbocycles. The minimum absolute atomic E-state index is 0.0429. The lowest BCUT2D eigenvalue weighted by Gasteiger charge is -2.24. The highest BCUT2D eigenvalue weighted by molar-refractivity contribution is 7.90. The molecule has 120 valence electrons. The normalized spacial score (nSPS) is 11.6. The van der Waals surface area contributed by atoms with Crippen LogP contribution in [0, 0.1) is 0 Å². The summed E-state index contributed by atoms with van der Waals surface area (Å²) in [6.07, 6.45) is 1.16. The molecule has 2 amide bonds. The molecular formula is C13H23N3O3S2. The van der Waals surface area contributed by atoms with Crippen molar-refractivity contribution in [1.82, 2.24) is 15.1 Å². The molecular weight excluding hydrogens is 310 g/mol. The van der Waals surface area contributed by atoms with Crippen molar-refractivity contribution < 1.29 is 13.2 Å². The lowest BCUT2D eigenvalue weighted by atomic mass is 10.3. The van der Waals surface area contributed by atoms with Gasteiger partial charge < -0.3 is 15.1 Å². The average Bonchev–Trinajstić information content (AvgIpc) is 2.85. The molecule has 1 aromatic rings. The SMILES string of the molecule is CN(C)CCN(Cc1ccsc1)C(=O)NCCS(C)(=O)=O. The summed E-state index contributed by atoms with van der Waals surface area (Å²) in [7, 11) is 0.837. The number of likely N-dealkylation sites (N-methyl/N-ethyl adjacent to an activating group) is 1. The number of carbonyl (C=O) groups is 1. The summed E-state index contributed by atoms with van der Waals surface area (Å²) in [6, 6.07) is 1.75. The molecule has 1 rings (SSSR count). The largest absolute Gasteiger partial charge is 0.337 e. The fraction of sp³-hybridized carbons (Fsp3) is 0.615. The molecule has 0 saturated carbocycles. The van der Waals surface area contributed by atoms with E-state index in [9.17, 15) is 13.2 Å². The van der Waals surface area contributed by atoms with E-state index in [4.69, 9.17) is 0 Å². The number of nitrogens with one attached hydrogen (secondary N) is 1. The van der Waals surface area contributed by atoms with Crippen LogP contribution in [0.15, 0.2) is 16.8 Å². The minimum Gasteiger partial charge on any atom is -0.337 e. The van der Waals surface area contributed by atoms with Crippen molar-refractivity contribution >= 4 is 27.2 Å². The van der Waals surface area contributed by atoms with E-state index in [0.29, 0.717) is 13.1 Å². The summed E-state index contributed by atoms with van der Waals surface area (Å²) in [6.45, 7) is 2.01. The highest BCUT2D eigenvalue weighted by Gasteiger charge is 2.14. The molecule has 1 heterocycles. The zero-order valence-electron chi connectivity index (χ0n) is 12.7. The molecule has 0 bridgehead atoms. The first-order valence-electron chi connectivity index (χ1n) is 6.64. The Kier molecular flexibility index (Phi) is 7.13. The van der Waals surface area contributed by atoms with Crippen molar-refractivity contribution in [3.8, 4) is 0 Å². The quantitative estimate of drug-likeness (QED) is 0.766. The number of carbonyl (C=O) groups excluding carboxylic acids is 1. The second kappa shape index (κ2) is 8.35. The first-order valence-corrected chi connectivity index (χ1v) is 9.64. The van der Waals surface area contributed by atoms with Gasteiger partial charge in [0.2, 0.25) is 0 Å². The summed E-state index contributed by atoms with van der Waals surface area (Å²) in [5.74, 6) is -0.0429. The average molecular weight is 333 g/mol. The van der Waals surface area contributed by atoms with Gasteiger partial charge in [-0.1, -0.05) is 0 Å². The lowest BCUT2D eigenvalue weighted by molar-refractivity contribution is 0.189. The Hall–Kier alpha value is -1.12. The summed E-state index contributed by atoms with van der Waals surface area (Å²) < 4.78 is 22.2. The summed E-state index contributed by atoms with van der Waals surface area (Å²) in [5, 5.41) is 6.65. The van der Waals surface area contributed by atoms with Gasteiger partial charge in [-0.2, -0.15) is 11.3 Å². The Labute approximate surface area is 130 Å². The number of sulfone groups is 1. The van der Waals surface area contributed by atoms with E-state index in [1.807, 2.05) is 35.8 Å². The molecule has 21 heavy (non-hydrogen) atoms. The van der Waals surface area contributed by atoms with Gasteiger partial charge in [-0.05, 0) is 36.5 Å². The Morgan fingerprint density at radius 3 is 2.57 bits per heavy atom. The van der Waals surface area contributed by atoms with Crippen LogP contribution in [0.4, 0.5) is 4.79 Å². The first-order chi connectivity index (χ1) is 9.78. The smallest absolute Gasteiger partial charge is 0.317 e. The van der Waals surface area contributed by atoms with E-state index in [-0.39, 0.29) is 18.3 Å². The third-order valence-corrected chi connectivity index (χ3v) is 4.48. The van der Waals surface area contributed by atoms with Crippen LogP contribution < -0.4 is 5.32 Å². The van der Waals surface area contributed by atoms with Gasteiger partial charge in [0.05, 0.1) is 5.75 Å². The molecule has 0 unspecified atom stereocenters. The number of rotatable bonds is 8. The molecule has 0 atom stereocenters. The summed E-state index contributed by atoms with van der Waals surface area (Å²) >= 11 is 1.59. The van der Waals surface area contributed by atoms with Gasteiger partial charge in [0.15, 0.2) is 0 Å². The fourth-order valence-electron chi connectivity index (χ4n) is 1.63. The number of hydrogen-bond donors (Lipinski definition) is 1. The third kappa shape index (κ3) is 8.03. The van der Waals surface area contributed by atoms with E-state index >= 15 is 0 Å². The van der Waals surface area contributed by atoms with Gasteiger partial charge >= 0.3 is 6.03 Å². The summed E-state index contributed by atoms with van der Waals surface area (Å²) in [5.41, 5.74) is 1.08. The summed E-state index contributed by atoms with van der Waals surface area (Å²) in [4.78, 5) is 15.9. The molecule has 1 N–H and O–H groups in total. The van der Waals surface area contributed by atoms with Gasteiger partial charge in [0.1, 0.15) is 9.84 Å². The van der Waals surface area contributed by atoms with Gasteiger partial charge in [-0.15, -0.1) is 0 Å². The zero-order valence-corrected chi connectivity index (χ0v) is 14.3. The molecule has 6 nitrogen and oxygen atoms in total. The highest BCUT2D eigenvalue weighted by atomic mass is 32.2. The Balaban J connectivity index is 2.55. The van der Waals surface area contributed by atoms with Gasteiger partial charge in [0.25, 0.3) is 0 Å². The van der Waals surface area contributed by atoms with E-state index in [2.05, 4.69) is 5.32 Å². The Bertz CT molecular complexity index is 527. The van der Waals surface area contributed by atoms with Crippen molar-refractivity contribution in [1.29, 1.82) is 0 Å². The molecule has 0 radical (unpaired) electrons. The third-order valence-electron chi connectivity index (χ3n) is 2.81. The van der Waals surface area contributed by atoms with Crippen molar-refractivity contribution in [3.05, 3.63) is 22.4 Å². The van der Waals surface area contributed by atoms with E-state index in [1.54, 1.807) is 16.2 Å². The van der Waals surface area contributed by atoms with Gasteiger partial charge in [-0.25, -0.2) is 13.2 Å². The van der Waals surface area contributed by atoms with Crippen LogP contribution in [0.1, 0.15) is 5.56 Å². The van der Waals surface area contributed by atoms with Crippen LogP contribution in [0.2, 0.25) is 0 Å². The minimum atomic E-state index is -3.06. The van der Waals surface area contributed by atoms with Crippen molar-refractivity contribution in [2.45, 2.75) is 6.54 Å². The van der Waals surface area contributed by atoms with Crippen LogP contribution in [-0.2, 0) is 16.4 Å². The molecule has 0 spiro atoms. The second-order valence-corrected chi connectivity index (χ2v) is 8.26. The molecule has 0 fully saturated rings. The number of thiophene rings is 1. The molecule has 8 heteroatoms. The molecule has 0 aliphatic heterocycles. The fourth-order valence-corrected chi connectivity index (χ4v) is 2.76. The Morgan fingerprint density at radius 2 is 2.05 bits per heavy atom. The topological polar surface area (TPSA) is 69.7 Å².